The van der Waals surface area contributed by atoms with E-state index in [1.165, 1.54) is 11.1 Å². The molecule has 16 heavy (non-hydrogen) atoms. The van der Waals surface area contributed by atoms with Gasteiger partial charge in [-0.05, 0) is 25.1 Å². The second kappa shape index (κ2) is 3.96. The summed E-state index contributed by atoms with van der Waals surface area (Å²) in [6.07, 6.45) is 1.03. The minimum absolute atomic E-state index is 0.128. The SMILES string of the molecule is CNC[C@H]1OCCc2c1ccc1c2OCO1. The van der Waals surface area contributed by atoms with Gasteiger partial charge in [-0.15, -0.1) is 0 Å². The van der Waals surface area contributed by atoms with Crippen molar-refractivity contribution in [3.8, 4) is 11.5 Å². The first kappa shape index (κ1) is 9.93. The first-order valence-corrected chi connectivity index (χ1v) is 5.57. The Bertz CT molecular complexity index is 405. The van der Waals surface area contributed by atoms with Crippen LogP contribution in [0.1, 0.15) is 17.2 Å². The quantitative estimate of drug-likeness (QED) is 0.816. The molecule has 0 saturated heterocycles. The van der Waals surface area contributed by atoms with Gasteiger partial charge in [-0.2, -0.15) is 0 Å². The number of nitrogens with one attached hydrogen (secondary N) is 1. The van der Waals surface area contributed by atoms with Crippen LogP contribution in [0.3, 0.4) is 0 Å². The molecule has 1 atom stereocenters. The molecule has 0 fully saturated rings. The van der Waals surface area contributed by atoms with Gasteiger partial charge in [0.25, 0.3) is 0 Å². The molecule has 0 aliphatic carbocycles. The Hall–Kier alpha value is -1.26. The summed E-state index contributed by atoms with van der Waals surface area (Å²) < 4.78 is 16.7. The van der Waals surface area contributed by atoms with Crippen LogP contribution in [-0.4, -0.2) is 27.0 Å². The zero-order valence-corrected chi connectivity index (χ0v) is 9.29. The van der Waals surface area contributed by atoms with Gasteiger partial charge >= 0.3 is 0 Å². The van der Waals surface area contributed by atoms with Crippen LogP contribution >= 0.6 is 0 Å². The molecule has 1 aromatic carbocycles. The lowest BCUT2D eigenvalue weighted by atomic mass is 9.96. The van der Waals surface area contributed by atoms with E-state index in [1.54, 1.807) is 0 Å². The van der Waals surface area contributed by atoms with Crippen molar-refractivity contribution in [2.45, 2.75) is 12.5 Å². The molecule has 4 nitrogen and oxygen atoms in total. The maximum atomic E-state index is 5.75. The minimum atomic E-state index is 0.128. The van der Waals surface area contributed by atoms with Gasteiger partial charge in [0.2, 0.25) is 6.79 Å². The topological polar surface area (TPSA) is 39.7 Å². The van der Waals surface area contributed by atoms with Crippen molar-refractivity contribution in [2.24, 2.45) is 0 Å². The van der Waals surface area contributed by atoms with Gasteiger partial charge in [-0.25, -0.2) is 0 Å². The Morgan fingerprint density at radius 1 is 1.38 bits per heavy atom. The summed E-state index contributed by atoms with van der Waals surface area (Å²) in [5.41, 5.74) is 2.48. The summed E-state index contributed by atoms with van der Waals surface area (Å²) in [6.45, 7) is 1.91. The number of benzene rings is 1. The molecule has 0 saturated carbocycles. The number of likely N-dealkylation sites (N-methyl/N-ethyl adjacent to an activating group) is 1. The Morgan fingerprint density at radius 3 is 3.19 bits per heavy atom. The smallest absolute Gasteiger partial charge is 0.231 e. The van der Waals surface area contributed by atoms with Crippen molar-refractivity contribution in [3.63, 3.8) is 0 Å². The van der Waals surface area contributed by atoms with E-state index in [0.717, 1.165) is 31.1 Å². The maximum absolute atomic E-state index is 5.75. The molecule has 0 aromatic heterocycles. The lowest BCUT2D eigenvalue weighted by Gasteiger charge is -2.26. The van der Waals surface area contributed by atoms with Gasteiger partial charge < -0.3 is 19.5 Å². The molecule has 2 aliphatic heterocycles. The van der Waals surface area contributed by atoms with Gasteiger partial charge in [0.1, 0.15) is 0 Å². The third kappa shape index (κ3) is 1.45. The largest absolute Gasteiger partial charge is 0.454 e. The average Bonchev–Trinajstić information content (AvgIpc) is 2.78. The summed E-state index contributed by atoms with van der Waals surface area (Å²) in [4.78, 5) is 0. The first-order valence-electron chi connectivity index (χ1n) is 5.57. The number of rotatable bonds is 2. The summed E-state index contributed by atoms with van der Waals surface area (Å²) in [5, 5.41) is 3.15. The predicted molar refractivity (Wildman–Crippen MR) is 58.9 cm³/mol. The lowest BCUT2D eigenvalue weighted by Crippen LogP contribution is -2.25. The van der Waals surface area contributed by atoms with Gasteiger partial charge in [0.05, 0.1) is 12.7 Å². The van der Waals surface area contributed by atoms with Crippen molar-refractivity contribution < 1.29 is 14.2 Å². The molecule has 0 radical (unpaired) electrons. The predicted octanol–water partition coefficient (Wildman–Crippen LogP) is 1.25. The van der Waals surface area contributed by atoms with Crippen molar-refractivity contribution in [3.05, 3.63) is 23.3 Å². The molecule has 0 spiro atoms. The van der Waals surface area contributed by atoms with Crippen molar-refractivity contribution in [1.82, 2.24) is 5.32 Å². The zero-order chi connectivity index (χ0) is 11.0. The third-order valence-corrected chi connectivity index (χ3v) is 3.09. The average molecular weight is 221 g/mol. The van der Waals surface area contributed by atoms with Gasteiger partial charge in [-0.1, -0.05) is 6.07 Å². The molecule has 2 aliphatic rings. The number of hydrogen-bond donors (Lipinski definition) is 1. The first-order chi connectivity index (χ1) is 7.90. The number of fused-ring (bicyclic) bond motifs is 3. The summed E-state index contributed by atoms with van der Waals surface area (Å²) in [5.74, 6) is 1.78. The second-order valence-electron chi connectivity index (χ2n) is 4.03. The fourth-order valence-electron chi connectivity index (χ4n) is 2.35. The highest BCUT2D eigenvalue weighted by atomic mass is 16.7. The summed E-state index contributed by atoms with van der Waals surface area (Å²) >= 11 is 0. The maximum Gasteiger partial charge on any atom is 0.231 e. The normalized spacial score (nSPS) is 21.9. The van der Waals surface area contributed by atoms with E-state index < -0.39 is 0 Å². The summed E-state index contributed by atoms with van der Waals surface area (Å²) in [7, 11) is 1.94. The summed E-state index contributed by atoms with van der Waals surface area (Å²) in [6, 6.07) is 4.06. The van der Waals surface area contributed by atoms with E-state index in [0.29, 0.717) is 6.79 Å². The Kier molecular flexibility index (Phi) is 2.46. The van der Waals surface area contributed by atoms with Crippen LogP contribution in [-0.2, 0) is 11.2 Å². The highest BCUT2D eigenvalue weighted by Gasteiger charge is 2.27. The van der Waals surface area contributed by atoms with Crippen LogP contribution in [0.5, 0.6) is 11.5 Å². The molecule has 0 bridgehead atoms. The molecule has 0 unspecified atom stereocenters. The third-order valence-electron chi connectivity index (χ3n) is 3.09. The van der Waals surface area contributed by atoms with Crippen LogP contribution in [0.25, 0.3) is 0 Å². The van der Waals surface area contributed by atoms with E-state index >= 15 is 0 Å². The molecular weight excluding hydrogens is 206 g/mol. The van der Waals surface area contributed by atoms with Crippen LogP contribution < -0.4 is 14.8 Å². The molecular formula is C12H15NO3. The van der Waals surface area contributed by atoms with Crippen molar-refractivity contribution in [2.75, 3.05) is 27.0 Å². The Labute approximate surface area is 94.5 Å². The van der Waals surface area contributed by atoms with E-state index in [1.807, 2.05) is 13.1 Å². The number of hydrogen-bond acceptors (Lipinski definition) is 4. The standard InChI is InChI=1S/C12H15NO3/c1-13-6-11-8-2-3-10-12(16-7-15-10)9(8)4-5-14-11/h2-3,11,13H,4-7H2,1H3/t11-/m1/s1. The molecule has 0 amide bonds. The molecule has 4 heteroatoms. The monoisotopic (exact) mass is 221 g/mol. The lowest BCUT2D eigenvalue weighted by molar-refractivity contribution is 0.0430. The minimum Gasteiger partial charge on any atom is -0.454 e. The highest BCUT2D eigenvalue weighted by Crippen LogP contribution is 2.41. The van der Waals surface area contributed by atoms with Crippen LogP contribution in [0, 0.1) is 0 Å². The molecule has 86 valence electrons. The fourth-order valence-corrected chi connectivity index (χ4v) is 2.35. The highest BCUT2D eigenvalue weighted by molar-refractivity contribution is 5.53. The van der Waals surface area contributed by atoms with E-state index in [2.05, 4.69) is 11.4 Å². The number of ether oxygens (including phenoxy) is 3. The van der Waals surface area contributed by atoms with Gasteiger partial charge in [0, 0.05) is 12.1 Å². The fraction of sp³-hybridized carbons (Fsp3) is 0.500. The Morgan fingerprint density at radius 2 is 2.31 bits per heavy atom. The van der Waals surface area contributed by atoms with Crippen molar-refractivity contribution >= 4 is 0 Å². The molecule has 1 N–H and O–H groups in total. The van der Waals surface area contributed by atoms with Crippen LogP contribution in [0.4, 0.5) is 0 Å². The van der Waals surface area contributed by atoms with E-state index in [-0.39, 0.29) is 6.10 Å². The van der Waals surface area contributed by atoms with E-state index in [9.17, 15) is 0 Å². The zero-order valence-electron chi connectivity index (χ0n) is 9.29. The molecule has 3 rings (SSSR count). The van der Waals surface area contributed by atoms with Gasteiger partial charge in [-0.3, -0.25) is 0 Å². The second-order valence-corrected chi connectivity index (χ2v) is 4.03. The molecule has 2 heterocycles. The van der Waals surface area contributed by atoms with Crippen molar-refractivity contribution in [1.29, 1.82) is 0 Å². The van der Waals surface area contributed by atoms with E-state index in [4.69, 9.17) is 14.2 Å². The Balaban J connectivity index is 2.02. The van der Waals surface area contributed by atoms with Gasteiger partial charge in [0.15, 0.2) is 11.5 Å². The van der Waals surface area contributed by atoms with Crippen LogP contribution in [0.2, 0.25) is 0 Å². The van der Waals surface area contributed by atoms with Crippen LogP contribution in [0.15, 0.2) is 12.1 Å². The molecule has 1 aromatic rings.